The van der Waals surface area contributed by atoms with Crippen molar-refractivity contribution in [3.05, 3.63) is 28.8 Å². The molecule has 0 saturated heterocycles. The number of carboxylic acid groups (broad SMARTS) is 1. The molecule has 6 heteroatoms. The van der Waals surface area contributed by atoms with Crippen LogP contribution in [0.2, 0.25) is 5.02 Å². The number of unbranched alkanes of at least 4 members (excludes halogenated alkanes) is 2. The highest BCUT2D eigenvalue weighted by molar-refractivity contribution is 7.99. The number of aliphatic carboxylic acids is 1. The second-order valence-corrected chi connectivity index (χ2v) is 6.28. The van der Waals surface area contributed by atoms with Crippen LogP contribution in [0.1, 0.15) is 43.0 Å². The topological polar surface area (TPSA) is 66.4 Å². The van der Waals surface area contributed by atoms with E-state index in [4.69, 9.17) is 16.7 Å². The number of carbonyl (C=O) groups is 2. The van der Waals surface area contributed by atoms with E-state index in [0.29, 0.717) is 23.6 Å². The van der Waals surface area contributed by atoms with Crippen molar-refractivity contribution in [1.29, 1.82) is 0 Å². The molecule has 116 valence electrons. The van der Waals surface area contributed by atoms with Crippen LogP contribution in [0.5, 0.6) is 0 Å². The smallest absolute Gasteiger partial charge is 0.303 e. The summed E-state index contributed by atoms with van der Waals surface area (Å²) < 4.78 is 0. The van der Waals surface area contributed by atoms with Crippen LogP contribution in [0, 0.1) is 0 Å². The van der Waals surface area contributed by atoms with Crippen molar-refractivity contribution in [2.24, 2.45) is 0 Å². The summed E-state index contributed by atoms with van der Waals surface area (Å²) in [5.41, 5.74) is 0.636. The third-order valence-electron chi connectivity index (χ3n) is 2.84. The average molecular weight is 330 g/mol. The Morgan fingerprint density at radius 2 is 2.05 bits per heavy atom. The van der Waals surface area contributed by atoms with Crippen LogP contribution in [-0.4, -0.2) is 29.3 Å². The molecule has 0 atom stereocenters. The molecular weight excluding hydrogens is 310 g/mol. The van der Waals surface area contributed by atoms with Gasteiger partial charge in [-0.2, -0.15) is 0 Å². The highest BCUT2D eigenvalue weighted by Crippen LogP contribution is 2.26. The van der Waals surface area contributed by atoms with Gasteiger partial charge in [-0.3, -0.25) is 9.59 Å². The number of carbonyl (C=O) groups excluding carboxylic acids is 1. The fourth-order valence-corrected chi connectivity index (χ4v) is 2.91. The van der Waals surface area contributed by atoms with E-state index in [1.54, 1.807) is 30.0 Å². The van der Waals surface area contributed by atoms with Crippen LogP contribution in [-0.2, 0) is 4.79 Å². The minimum absolute atomic E-state index is 0.110. The molecule has 0 aliphatic heterocycles. The Morgan fingerprint density at radius 1 is 1.29 bits per heavy atom. The predicted molar refractivity (Wildman–Crippen MR) is 86.3 cm³/mol. The fourth-order valence-electron chi connectivity index (χ4n) is 1.83. The molecule has 0 spiro atoms. The molecule has 1 aromatic carbocycles. The number of thioether (sulfide) groups is 1. The molecule has 0 bridgehead atoms. The molecule has 1 amide bonds. The highest BCUT2D eigenvalue weighted by atomic mass is 35.5. The van der Waals surface area contributed by atoms with Crippen LogP contribution in [0.4, 0.5) is 0 Å². The van der Waals surface area contributed by atoms with Gasteiger partial charge in [0.1, 0.15) is 0 Å². The van der Waals surface area contributed by atoms with Crippen molar-refractivity contribution in [3.8, 4) is 0 Å². The van der Waals surface area contributed by atoms with Gasteiger partial charge in [0.05, 0.1) is 5.56 Å². The van der Waals surface area contributed by atoms with Crippen LogP contribution >= 0.6 is 23.4 Å². The zero-order valence-corrected chi connectivity index (χ0v) is 13.6. The summed E-state index contributed by atoms with van der Waals surface area (Å²) >= 11 is 7.54. The van der Waals surface area contributed by atoms with Gasteiger partial charge in [-0.25, -0.2) is 0 Å². The van der Waals surface area contributed by atoms with Crippen LogP contribution in [0.15, 0.2) is 23.1 Å². The Morgan fingerprint density at radius 3 is 2.71 bits per heavy atom. The number of hydrogen-bond acceptors (Lipinski definition) is 3. The zero-order valence-electron chi connectivity index (χ0n) is 12.0. The number of carboxylic acids is 1. The van der Waals surface area contributed by atoms with Crippen LogP contribution < -0.4 is 5.32 Å². The lowest BCUT2D eigenvalue weighted by Crippen LogP contribution is -2.25. The molecule has 0 heterocycles. The van der Waals surface area contributed by atoms with E-state index < -0.39 is 5.97 Å². The lowest BCUT2D eigenvalue weighted by Gasteiger charge is -2.09. The van der Waals surface area contributed by atoms with Gasteiger partial charge in [0.25, 0.3) is 5.91 Å². The summed E-state index contributed by atoms with van der Waals surface area (Å²) in [4.78, 5) is 23.4. The summed E-state index contributed by atoms with van der Waals surface area (Å²) in [6, 6.07) is 5.25. The normalized spacial score (nSPS) is 10.4. The Hall–Kier alpha value is -1.20. The molecule has 0 aliphatic rings. The molecule has 21 heavy (non-hydrogen) atoms. The largest absolute Gasteiger partial charge is 0.481 e. The third-order valence-corrected chi connectivity index (χ3v) is 4.01. The second kappa shape index (κ2) is 9.68. The Labute approximate surface area is 134 Å². The Bertz CT molecular complexity index is 494. The first-order valence-electron chi connectivity index (χ1n) is 6.97. The molecule has 1 aromatic rings. The Kier molecular flexibility index (Phi) is 8.23. The first-order chi connectivity index (χ1) is 10.0. The third kappa shape index (κ3) is 6.87. The van der Waals surface area contributed by atoms with E-state index in [9.17, 15) is 9.59 Å². The van der Waals surface area contributed by atoms with Gasteiger partial charge in [0.15, 0.2) is 0 Å². The van der Waals surface area contributed by atoms with Crippen molar-refractivity contribution in [2.45, 2.75) is 37.5 Å². The van der Waals surface area contributed by atoms with E-state index in [1.165, 1.54) is 0 Å². The molecule has 1 rings (SSSR count). The van der Waals surface area contributed by atoms with Crippen molar-refractivity contribution in [2.75, 3.05) is 12.3 Å². The fraction of sp³-hybridized carbons (Fsp3) is 0.467. The van der Waals surface area contributed by atoms with E-state index in [2.05, 4.69) is 5.32 Å². The highest BCUT2D eigenvalue weighted by Gasteiger charge is 2.11. The van der Waals surface area contributed by atoms with Gasteiger partial charge in [-0.1, -0.05) is 24.9 Å². The van der Waals surface area contributed by atoms with Gasteiger partial charge >= 0.3 is 5.97 Å². The molecule has 0 fully saturated rings. The molecule has 0 unspecified atom stereocenters. The van der Waals surface area contributed by atoms with Gasteiger partial charge in [0.2, 0.25) is 0 Å². The molecule has 0 aromatic heterocycles. The number of halogens is 1. The summed E-state index contributed by atoms with van der Waals surface area (Å²) in [7, 11) is 0. The summed E-state index contributed by atoms with van der Waals surface area (Å²) in [5, 5.41) is 12.0. The van der Waals surface area contributed by atoms with Crippen LogP contribution in [0.25, 0.3) is 0 Å². The van der Waals surface area contributed by atoms with E-state index in [1.807, 2.05) is 6.92 Å². The number of nitrogens with one attached hydrogen (secondary N) is 1. The quantitative estimate of drug-likeness (QED) is 0.534. The number of benzene rings is 1. The van der Waals surface area contributed by atoms with Crippen LogP contribution in [0.3, 0.4) is 0 Å². The van der Waals surface area contributed by atoms with Gasteiger partial charge in [-0.15, -0.1) is 11.8 Å². The minimum atomic E-state index is -0.776. The first kappa shape index (κ1) is 17.9. The monoisotopic (exact) mass is 329 g/mol. The van der Waals surface area contributed by atoms with E-state index in [0.717, 1.165) is 23.5 Å². The van der Waals surface area contributed by atoms with Gasteiger partial charge in [-0.05, 0) is 36.8 Å². The lowest BCUT2D eigenvalue weighted by atomic mass is 10.2. The summed E-state index contributed by atoms with van der Waals surface area (Å²) in [6.07, 6.45) is 2.40. The maximum atomic E-state index is 12.1. The van der Waals surface area contributed by atoms with Crippen molar-refractivity contribution >= 4 is 35.2 Å². The predicted octanol–water partition coefficient (Wildman–Crippen LogP) is 3.83. The standard InChI is InChI=1S/C15H20ClNO3S/c1-2-21-13-10-11(16)7-8-12(13)15(20)17-9-5-3-4-6-14(18)19/h7-8,10H,2-6,9H2,1H3,(H,17,20)(H,18,19). The molecule has 0 aliphatic carbocycles. The van der Waals surface area contributed by atoms with E-state index in [-0.39, 0.29) is 12.3 Å². The second-order valence-electron chi connectivity index (χ2n) is 4.53. The summed E-state index contributed by atoms with van der Waals surface area (Å²) in [6.45, 7) is 2.58. The maximum Gasteiger partial charge on any atom is 0.303 e. The Balaban J connectivity index is 2.43. The lowest BCUT2D eigenvalue weighted by molar-refractivity contribution is -0.137. The van der Waals surface area contributed by atoms with Gasteiger partial charge in [0, 0.05) is 22.9 Å². The number of amides is 1. The number of rotatable bonds is 9. The van der Waals surface area contributed by atoms with Crippen molar-refractivity contribution in [1.82, 2.24) is 5.32 Å². The molecule has 2 N–H and O–H groups in total. The first-order valence-corrected chi connectivity index (χ1v) is 8.33. The molecule has 0 radical (unpaired) electrons. The number of hydrogen-bond donors (Lipinski definition) is 2. The summed E-state index contributed by atoms with van der Waals surface area (Å²) in [5.74, 6) is -0.0159. The van der Waals surface area contributed by atoms with E-state index >= 15 is 0 Å². The van der Waals surface area contributed by atoms with Crippen molar-refractivity contribution in [3.63, 3.8) is 0 Å². The molecule has 0 saturated carbocycles. The maximum absolute atomic E-state index is 12.1. The zero-order chi connectivity index (χ0) is 15.7. The molecular formula is C15H20ClNO3S. The average Bonchev–Trinajstić information content (AvgIpc) is 2.42. The SMILES string of the molecule is CCSc1cc(Cl)ccc1C(=O)NCCCCCC(=O)O. The minimum Gasteiger partial charge on any atom is -0.481 e. The van der Waals surface area contributed by atoms with Crippen molar-refractivity contribution < 1.29 is 14.7 Å². The van der Waals surface area contributed by atoms with Gasteiger partial charge < -0.3 is 10.4 Å². The molecule has 4 nitrogen and oxygen atoms in total.